The van der Waals surface area contributed by atoms with Crippen molar-refractivity contribution in [2.45, 2.75) is 6.54 Å². The van der Waals surface area contributed by atoms with E-state index in [1.807, 2.05) is 12.1 Å². The molecule has 0 bridgehead atoms. The van der Waals surface area contributed by atoms with E-state index in [1.165, 1.54) is 8.86 Å². The second-order valence-electron chi connectivity index (χ2n) is 6.76. The van der Waals surface area contributed by atoms with Crippen LogP contribution in [0.4, 0.5) is 5.13 Å². The molecule has 0 atom stereocenters. The molecule has 0 aliphatic heterocycles. The zero-order valence-corrected chi connectivity index (χ0v) is 18.3. The van der Waals surface area contributed by atoms with E-state index in [4.69, 9.17) is 12.2 Å². The first kappa shape index (κ1) is 21.3. The molecule has 8 heteroatoms. The lowest BCUT2D eigenvalue weighted by atomic mass is 10.1. The van der Waals surface area contributed by atoms with Gasteiger partial charge in [0.05, 0.1) is 18.2 Å². The van der Waals surface area contributed by atoms with Crippen molar-refractivity contribution >= 4 is 40.7 Å². The van der Waals surface area contributed by atoms with Crippen LogP contribution >= 0.6 is 23.8 Å². The number of carbonyl (C=O) groups excluding carboxylic acids is 2. The van der Waals surface area contributed by atoms with Crippen LogP contribution in [0.25, 0.3) is 0 Å². The maximum absolute atomic E-state index is 13.4. The summed E-state index contributed by atoms with van der Waals surface area (Å²) in [6, 6.07) is 26.7. The van der Waals surface area contributed by atoms with Crippen molar-refractivity contribution in [3.63, 3.8) is 0 Å². The molecule has 0 fully saturated rings. The number of nitrogens with zero attached hydrogens (tertiary/aromatic N) is 4. The number of rotatable bonds is 5. The number of anilines is 1. The van der Waals surface area contributed by atoms with Crippen molar-refractivity contribution in [1.82, 2.24) is 8.94 Å². The van der Waals surface area contributed by atoms with Crippen LogP contribution in [0.2, 0.25) is 0 Å². The minimum Gasteiger partial charge on any atom is -0.278 e. The maximum Gasteiger partial charge on any atom is 0.273 e. The Hall–Kier alpha value is -3.93. The third kappa shape index (κ3) is 4.39. The molecule has 0 unspecified atom stereocenters. The fraction of sp³-hybridized carbons (Fsp3) is 0.0417. The lowest BCUT2D eigenvalue weighted by Crippen LogP contribution is -2.30. The molecule has 1 amide bonds. The molecule has 0 spiro atoms. The summed E-state index contributed by atoms with van der Waals surface area (Å²) in [7, 11) is 0. The standard InChI is InChI=1S/C24H16N4O2S2/c25-15-19-13-7-8-14-20(19)16-27(21(29)17-9-3-1-4-10-17)24-26-23(31)28(32-24)22(30)18-11-5-2-6-12-18/h1-14H,16H2. The average molecular weight is 457 g/mol. The first-order chi connectivity index (χ1) is 15.6. The third-order valence-electron chi connectivity index (χ3n) is 4.71. The molecule has 0 saturated carbocycles. The number of carbonyl (C=O) groups is 2. The van der Waals surface area contributed by atoms with Gasteiger partial charge in [0.1, 0.15) is 0 Å². The Morgan fingerprint density at radius 2 is 1.53 bits per heavy atom. The lowest BCUT2D eigenvalue weighted by Gasteiger charge is -2.20. The molecule has 0 saturated heterocycles. The Morgan fingerprint density at radius 3 is 2.19 bits per heavy atom. The Bertz CT molecular complexity index is 1370. The van der Waals surface area contributed by atoms with Crippen molar-refractivity contribution in [3.8, 4) is 6.07 Å². The monoisotopic (exact) mass is 456 g/mol. The van der Waals surface area contributed by atoms with Gasteiger partial charge >= 0.3 is 0 Å². The van der Waals surface area contributed by atoms with Gasteiger partial charge in [0.15, 0.2) is 0 Å². The molecule has 0 aliphatic rings. The number of hydrogen-bond donors (Lipinski definition) is 0. The second-order valence-corrected chi connectivity index (χ2v) is 8.04. The normalized spacial score (nSPS) is 10.3. The molecule has 1 heterocycles. The van der Waals surface area contributed by atoms with Crippen LogP contribution < -0.4 is 4.90 Å². The molecule has 32 heavy (non-hydrogen) atoms. The van der Waals surface area contributed by atoms with Crippen molar-refractivity contribution in [1.29, 1.82) is 5.26 Å². The summed E-state index contributed by atoms with van der Waals surface area (Å²) < 4.78 is 1.36. The first-order valence-corrected chi connectivity index (χ1v) is 10.8. The minimum absolute atomic E-state index is 0.0679. The number of amides is 1. The van der Waals surface area contributed by atoms with Crippen LogP contribution in [0, 0.1) is 16.1 Å². The molecule has 4 rings (SSSR count). The van der Waals surface area contributed by atoms with Crippen molar-refractivity contribution in [2.24, 2.45) is 0 Å². The summed E-state index contributed by atoms with van der Waals surface area (Å²) in [5.74, 6) is -0.620. The Labute approximate surface area is 193 Å². The Kier molecular flexibility index (Phi) is 6.31. The van der Waals surface area contributed by atoms with Crippen molar-refractivity contribution in [2.75, 3.05) is 4.90 Å². The Morgan fingerprint density at radius 1 is 0.938 bits per heavy atom. The zero-order valence-electron chi connectivity index (χ0n) is 16.7. The van der Waals surface area contributed by atoms with Gasteiger partial charge in [-0.25, -0.2) is 3.96 Å². The highest BCUT2D eigenvalue weighted by molar-refractivity contribution is 7.71. The molecule has 1 aromatic heterocycles. The van der Waals surface area contributed by atoms with Gasteiger partial charge in [0, 0.05) is 11.1 Å². The predicted octanol–water partition coefficient (Wildman–Crippen LogP) is 5.08. The van der Waals surface area contributed by atoms with Gasteiger partial charge in [0.25, 0.3) is 11.8 Å². The van der Waals surface area contributed by atoms with Crippen LogP contribution in [0.5, 0.6) is 0 Å². The summed E-state index contributed by atoms with van der Waals surface area (Å²) in [4.78, 5) is 32.1. The minimum atomic E-state index is -0.316. The van der Waals surface area contributed by atoms with Gasteiger partial charge in [-0.3, -0.25) is 14.5 Å². The highest BCUT2D eigenvalue weighted by Gasteiger charge is 2.24. The van der Waals surface area contributed by atoms with Gasteiger partial charge in [-0.05, 0) is 59.6 Å². The van der Waals surface area contributed by atoms with Gasteiger partial charge < -0.3 is 0 Å². The zero-order chi connectivity index (χ0) is 22.5. The molecular formula is C24H16N4O2S2. The van der Waals surface area contributed by atoms with E-state index in [0.29, 0.717) is 22.3 Å². The highest BCUT2D eigenvalue weighted by Crippen LogP contribution is 2.25. The fourth-order valence-corrected chi connectivity index (χ4v) is 4.29. The van der Waals surface area contributed by atoms with E-state index in [0.717, 1.165) is 11.5 Å². The topological polar surface area (TPSA) is 79.0 Å². The van der Waals surface area contributed by atoms with Crippen LogP contribution in [0.15, 0.2) is 84.9 Å². The average Bonchev–Trinajstić information content (AvgIpc) is 3.24. The lowest BCUT2D eigenvalue weighted by molar-refractivity contribution is 0.0966. The molecule has 156 valence electrons. The van der Waals surface area contributed by atoms with Gasteiger partial charge in [-0.2, -0.15) is 10.2 Å². The van der Waals surface area contributed by atoms with Crippen LogP contribution in [0.1, 0.15) is 31.8 Å². The summed E-state index contributed by atoms with van der Waals surface area (Å²) in [5, 5.41) is 9.75. The smallest absolute Gasteiger partial charge is 0.273 e. The van der Waals surface area contributed by atoms with Gasteiger partial charge in [-0.15, -0.1) is 0 Å². The molecule has 6 nitrogen and oxygen atoms in total. The van der Waals surface area contributed by atoms with Gasteiger partial charge in [-0.1, -0.05) is 54.6 Å². The van der Waals surface area contributed by atoms with E-state index in [2.05, 4.69) is 11.1 Å². The fourth-order valence-electron chi connectivity index (χ4n) is 3.10. The van der Waals surface area contributed by atoms with Crippen LogP contribution in [-0.2, 0) is 6.54 Å². The number of benzene rings is 3. The molecular weight excluding hydrogens is 440 g/mol. The van der Waals surface area contributed by atoms with Crippen molar-refractivity contribution in [3.05, 3.63) is 112 Å². The van der Waals surface area contributed by atoms with E-state index in [-0.39, 0.29) is 28.3 Å². The van der Waals surface area contributed by atoms with E-state index in [9.17, 15) is 14.9 Å². The summed E-state index contributed by atoms with van der Waals surface area (Å²) in [6.07, 6.45) is 0. The molecule has 0 radical (unpaired) electrons. The van der Waals surface area contributed by atoms with E-state index in [1.54, 1.807) is 72.8 Å². The summed E-state index contributed by atoms with van der Waals surface area (Å²) in [6.45, 7) is 0.110. The van der Waals surface area contributed by atoms with Gasteiger partial charge in [0.2, 0.25) is 9.90 Å². The van der Waals surface area contributed by atoms with E-state index >= 15 is 0 Å². The molecule has 0 N–H and O–H groups in total. The summed E-state index contributed by atoms with van der Waals surface area (Å²) in [5.41, 5.74) is 2.06. The first-order valence-electron chi connectivity index (χ1n) is 9.63. The number of hydrogen-bond acceptors (Lipinski definition) is 6. The number of nitriles is 1. The predicted molar refractivity (Wildman–Crippen MR) is 125 cm³/mol. The maximum atomic E-state index is 13.4. The van der Waals surface area contributed by atoms with Crippen LogP contribution in [0.3, 0.4) is 0 Å². The summed E-state index contributed by atoms with van der Waals surface area (Å²) >= 11 is 6.34. The quantitative estimate of drug-likeness (QED) is 0.391. The highest BCUT2D eigenvalue weighted by atomic mass is 32.1. The largest absolute Gasteiger partial charge is 0.278 e. The van der Waals surface area contributed by atoms with Crippen molar-refractivity contribution < 1.29 is 9.59 Å². The molecule has 0 aliphatic carbocycles. The number of aromatic nitrogens is 2. The SMILES string of the molecule is N#Cc1ccccc1CN(C(=O)c1ccccc1)c1nc(=S)n(C(=O)c2ccccc2)s1. The van der Waals surface area contributed by atoms with Crippen LogP contribution in [-0.4, -0.2) is 20.8 Å². The Balaban J connectivity index is 1.77. The third-order valence-corrected chi connectivity index (χ3v) is 6.09. The molecule has 4 aromatic rings. The molecule has 3 aromatic carbocycles. The van der Waals surface area contributed by atoms with E-state index < -0.39 is 0 Å². The second kappa shape index (κ2) is 9.47.